The van der Waals surface area contributed by atoms with E-state index in [1.807, 2.05) is 13.8 Å². The normalized spacial score (nSPS) is 13.7. The molecule has 2 atom stereocenters. The van der Waals surface area contributed by atoms with Crippen LogP contribution in [0.3, 0.4) is 0 Å². The second-order valence-corrected chi connectivity index (χ2v) is 5.56. The third-order valence-corrected chi connectivity index (χ3v) is 3.32. The van der Waals surface area contributed by atoms with Crippen molar-refractivity contribution in [3.63, 3.8) is 0 Å². The number of hydrogen-bond acceptors (Lipinski definition) is 6. The molecule has 19 heavy (non-hydrogen) atoms. The molecule has 0 heterocycles. The smallest absolute Gasteiger partial charge is 0.318 e. The lowest BCUT2D eigenvalue weighted by molar-refractivity contribution is -0.144. The van der Waals surface area contributed by atoms with E-state index in [-0.39, 0.29) is 6.42 Å². The summed E-state index contributed by atoms with van der Waals surface area (Å²) < 4.78 is 10.0. The Morgan fingerprint density at radius 3 is 1.58 bits per heavy atom. The third kappa shape index (κ3) is 9.21. The van der Waals surface area contributed by atoms with Crippen LogP contribution >= 0.6 is 25.3 Å². The molecule has 0 fully saturated rings. The number of ether oxygens (including phenoxy) is 2. The van der Waals surface area contributed by atoms with Gasteiger partial charge in [-0.1, -0.05) is 26.7 Å². The van der Waals surface area contributed by atoms with Gasteiger partial charge in [0.25, 0.3) is 0 Å². The van der Waals surface area contributed by atoms with Crippen molar-refractivity contribution in [3.05, 3.63) is 0 Å². The van der Waals surface area contributed by atoms with Gasteiger partial charge in [0.15, 0.2) is 0 Å². The molecule has 0 aliphatic heterocycles. The largest absolute Gasteiger partial charge is 0.465 e. The van der Waals surface area contributed by atoms with E-state index in [9.17, 15) is 9.59 Å². The number of hydrogen-bond donors (Lipinski definition) is 2. The predicted octanol–water partition coefficient (Wildman–Crippen LogP) is 2.66. The maximum absolute atomic E-state index is 11.6. The van der Waals surface area contributed by atoms with Gasteiger partial charge in [0.2, 0.25) is 0 Å². The Kier molecular flexibility index (Phi) is 11.2. The lowest BCUT2D eigenvalue weighted by Gasteiger charge is -2.14. The van der Waals surface area contributed by atoms with Crippen LogP contribution in [0.2, 0.25) is 0 Å². The molecule has 4 nitrogen and oxygen atoms in total. The van der Waals surface area contributed by atoms with E-state index in [0.717, 1.165) is 25.7 Å². The Morgan fingerprint density at radius 2 is 1.26 bits per heavy atom. The molecule has 0 aromatic rings. The molecule has 0 aromatic heterocycles. The summed E-state index contributed by atoms with van der Waals surface area (Å²) in [4.78, 5) is 23.1. The van der Waals surface area contributed by atoms with Crippen molar-refractivity contribution in [3.8, 4) is 0 Å². The van der Waals surface area contributed by atoms with E-state index in [1.54, 1.807) is 0 Å². The monoisotopic (exact) mass is 308 g/mol. The van der Waals surface area contributed by atoms with E-state index < -0.39 is 22.4 Å². The van der Waals surface area contributed by atoms with Crippen LogP contribution in [-0.4, -0.2) is 35.7 Å². The van der Waals surface area contributed by atoms with Gasteiger partial charge in [-0.3, -0.25) is 9.59 Å². The summed E-state index contributed by atoms with van der Waals surface area (Å²) in [5.41, 5.74) is 0. The van der Waals surface area contributed by atoms with Crippen LogP contribution in [0.25, 0.3) is 0 Å². The van der Waals surface area contributed by atoms with Gasteiger partial charge >= 0.3 is 11.9 Å². The highest BCUT2D eigenvalue weighted by atomic mass is 32.1. The van der Waals surface area contributed by atoms with Crippen LogP contribution in [0.5, 0.6) is 0 Å². The molecule has 112 valence electrons. The Hall–Kier alpha value is -0.360. The molecule has 0 spiro atoms. The highest BCUT2D eigenvalue weighted by Crippen LogP contribution is 2.14. The second kappa shape index (κ2) is 11.5. The number of thiol groups is 2. The van der Waals surface area contributed by atoms with Crippen molar-refractivity contribution in [1.82, 2.24) is 0 Å². The second-order valence-electron chi connectivity index (χ2n) is 4.31. The maximum Gasteiger partial charge on any atom is 0.318 e. The molecule has 0 aliphatic rings. The third-order valence-electron chi connectivity index (χ3n) is 2.48. The SMILES string of the molecule is CCCCOC(=O)C(S)CC(S)C(=O)OCCCC. The summed E-state index contributed by atoms with van der Waals surface area (Å²) in [7, 11) is 0. The maximum atomic E-state index is 11.6. The topological polar surface area (TPSA) is 52.6 Å². The Bertz CT molecular complexity index is 245. The summed E-state index contributed by atoms with van der Waals surface area (Å²) in [5, 5.41) is -1.28. The quantitative estimate of drug-likeness (QED) is 0.370. The van der Waals surface area contributed by atoms with Crippen LogP contribution in [0.15, 0.2) is 0 Å². The fourth-order valence-corrected chi connectivity index (χ4v) is 1.97. The minimum Gasteiger partial charge on any atom is -0.465 e. The minimum atomic E-state index is -0.641. The number of rotatable bonds is 10. The van der Waals surface area contributed by atoms with Crippen molar-refractivity contribution in [1.29, 1.82) is 0 Å². The summed E-state index contributed by atoms with van der Waals surface area (Å²) in [6.07, 6.45) is 3.79. The first-order valence-corrected chi connectivity index (χ1v) is 7.75. The van der Waals surface area contributed by atoms with E-state index in [4.69, 9.17) is 9.47 Å². The first-order chi connectivity index (χ1) is 9.02. The van der Waals surface area contributed by atoms with Gasteiger partial charge in [0, 0.05) is 0 Å². The van der Waals surface area contributed by atoms with Crippen LogP contribution in [0, 0.1) is 0 Å². The van der Waals surface area contributed by atoms with Gasteiger partial charge in [0.1, 0.15) is 10.5 Å². The molecular weight excluding hydrogens is 284 g/mol. The fourth-order valence-electron chi connectivity index (χ4n) is 1.23. The Morgan fingerprint density at radius 1 is 0.895 bits per heavy atom. The highest BCUT2D eigenvalue weighted by Gasteiger charge is 2.24. The van der Waals surface area contributed by atoms with Crippen LogP contribution < -0.4 is 0 Å². The van der Waals surface area contributed by atoms with Crippen molar-refractivity contribution in [2.75, 3.05) is 13.2 Å². The van der Waals surface area contributed by atoms with Crippen LogP contribution in [0.4, 0.5) is 0 Å². The average Bonchev–Trinajstić information content (AvgIpc) is 2.38. The van der Waals surface area contributed by atoms with Gasteiger partial charge in [0.05, 0.1) is 13.2 Å². The molecule has 0 amide bonds. The molecule has 0 rings (SSSR count). The zero-order valence-corrected chi connectivity index (χ0v) is 13.4. The number of carbonyl (C=O) groups is 2. The Balaban J connectivity index is 3.92. The molecule has 2 unspecified atom stereocenters. The lowest BCUT2D eigenvalue weighted by atomic mass is 10.2. The van der Waals surface area contributed by atoms with Crippen LogP contribution in [0.1, 0.15) is 46.0 Å². The molecule has 0 aliphatic carbocycles. The predicted molar refractivity (Wildman–Crippen MR) is 81.9 cm³/mol. The summed E-state index contributed by atoms with van der Waals surface area (Å²) >= 11 is 8.28. The molecule has 0 bridgehead atoms. The number of esters is 2. The van der Waals surface area contributed by atoms with E-state index in [1.165, 1.54) is 0 Å². The van der Waals surface area contributed by atoms with E-state index >= 15 is 0 Å². The standard InChI is InChI=1S/C13H24O4S2/c1-3-5-7-16-12(14)10(18)9-11(19)13(15)17-8-6-4-2/h10-11,18-19H,3-9H2,1-2H3. The summed E-state index contributed by atoms with van der Waals surface area (Å²) in [6.45, 7) is 4.82. The van der Waals surface area contributed by atoms with Crippen molar-refractivity contribution in [2.45, 2.75) is 56.5 Å². The summed E-state index contributed by atoms with van der Waals surface area (Å²) in [6, 6.07) is 0. The zero-order chi connectivity index (χ0) is 14.7. The van der Waals surface area contributed by atoms with Crippen LogP contribution in [-0.2, 0) is 19.1 Å². The van der Waals surface area contributed by atoms with Crippen molar-refractivity contribution >= 4 is 37.2 Å². The summed E-state index contributed by atoms with van der Waals surface area (Å²) in [5.74, 6) is -0.811. The zero-order valence-electron chi connectivity index (χ0n) is 11.6. The molecule has 6 heteroatoms. The van der Waals surface area contributed by atoms with Gasteiger partial charge in [-0.2, -0.15) is 25.3 Å². The molecule has 0 radical (unpaired) electrons. The van der Waals surface area contributed by atoms with Crippen molar-refractivity contribution < 1.29 is 19.1 Å². The van der Waals surface area contributed by atoms with Gasteiger partial charge in [-0.15, -0.1) is 0 Å². The highest BCUT2D eigenvalue weighted by molar-refractivity contribution is 7.82. The van der Waals surface area contributed by atoms with Gasteiger partial charge < -0.3 is 9.47 Å². The van der Waals surface area contributed by atoms with Gasteiger partial charge in [-0.05, 0) is 19.3 Å². The first-order valence-electron chi connectivity index (χ1n) is 6.72. The molecule has 0 N–H and O–H groups in total. The number of unbranched alkanes of at least 4 members (excludes halogenated alkanes) is 2. The number of carbonyl (C=O) groups excluding carboxylic acids is 2. The lowest BCUT2D eigenvalue weighted by Crippen LogP contribution is -2.27. The van der Waals surface area contributed by atoms with E-state index in [2.05, 4.69) is 25.3 Å². The van der Waals surface area contributed by atoms with E-state index in [0.29, 0.717) is 13.2 Å². The molecular formula is C13H24O4S2. The van der Waals surface area contributed by atoms with Gasteiger partial charge in [-0.25, -0.2) is 0 Å². The Labute approximate surface area is 126 Å². The average molecular weight is 308 g/mol. The van der Waals surface area contributed by atoms with Crippen molar-refractivity contribution in [2.24, 2.45) is 0 Å². The molecule has 0 saturated heterocycles. The molecule has 0 aromatic carbocycles. The fraction of sp³-hybridized carbons (Fsp3) is 0.846. The molecule has 0 saturated carbocycles. The first kappa shape index (κ1) is 18.6. The minimum absolute atomic E-state index is 0.210.